The summed E-state index contributed by atoms with van der Waals surface area (Å²) in [5, 5.41) is 0.671. The molecule has 1 saturated heterocycles. The Balaban J connectivity index is 1.61. The number of ether oxygens (including phenoxy) is 1. The number of nitrogens with zero attached hydrogens (tertiary/aromatic N) is 3. The maximum Gasteiger partial charge on any atom is 0.228 e. The smallest absolute Gasteiger partial charge is 0.228 e. The van der Waals surface area contributed by atoms with Gasteiger partial charge in [0.2, 0.25) is 5.91 Å². The lowest BCUT2D eigenvalue weighted by Gasteiger charge is -2.27. The fraction of sp³-hybridized carbons (Fsp3) is 0.200. The highest BCUT2D eigenvalue weighted by Crippen LogP contribution is 2.29. The van der Waals surface area contributed by atoms with Crippen molar-refractivity contribution in [3.05, 3.63) is 83.6 Å². The van der Waals surface area contributed by atoms with E-state index < -0.39 is 0 Å². The van der Waals surface area contributed by atoms with E-state index in [1.807, 2.05) is 57.8 Å². The summed E-state index contributed by atoms with van der Waals surface area (Å²) in [5.41, 5.74) is 5.65. The quantitative estimate of drug-likeness (QED) is 0.469. The zero-order valence-corrected chi connectivity index (χ0v) is 17.8. The van der Waals surface area contributed by atoms with Gasteiger partial charge < -0.3 is 14.0 Å². The molecule has 1 amide bonds. The van der Waals surface area contributed by atoms with Crippen molar-refractivity contribution in [3.63, 3.8) is 0 Å². The van der Waals surface area contributed by atoms with Crippen LogP contribution in [0.4, 0.5) is 0 Å². The molecule has 0 saturated carbocycles. The fourth-order valence-electron chi connectivity index (χ4n) is 3.97. The van der Waals surface area contributed by atoms with E-state index in [9.17, 15) is 4.79 Å². The van der Waals surface area contributed by atoms with Crippen molar-refractivity contribution in [3.8, 4) is 22.4 Å². The number of hydrogen-bond acceptors (Lipinski definition) is 3. The first kappa shape index (κ1) is 19.8. The topological polar surface area (TPSA) is 46.8 Å². The molecule has 31 heavy (non-hydrogen) atoms. The molecule has 5 rings (SSSR count). The SMILES string of the molecule is O=C(Cc1c(-c2ccc(Cl)cc2)nc2ccc(-c3ccccc3)cn12)N1CCOCC1. The van der Waals surface area contributed by atoms with Crippen LogP contribution in [0, 0.1) is 0 Å². The number of imidazole rings is 1. The molecule has 1 fully saturated rings. The van der Waals surface area contributed by atoms with Crippen LogP contribution in [0.15, 0.2) is 72.9 Å². The summed E-state index contributed by atoms with van der Waals surface area (Å²) in [6, 6.07) is 21.9. The van der Waals surface area contributed by atoms with Gasteiger partial charge in [-0.1, -0.05) is 54.1 Å². The van der Waals surface area contributed by atoms with Crippen molar-refractivity contribution >= 4 is 23.2 Å². The Kier molecular flexibility index (Phi) is 5.45. The predicted molar refractivity (Wildman–Crippen MR) is 122 cm³/mol. The first-order valence-corrected chi connectivity index (χ1v) is 10.7. The molecule has 2 aromatic heterocycles. The van der Waals surface area contributed by atoms with E-state index in [2.05, 4.69) is 24.4 Å². The van der Waals surface area contributed by atoms with Crippen molar-refractivity contribution in [2.75, 3.05) is 26.3 Å². The molecule has 0 bridgehead atoms. The van der Waals surface area contributed by atoms with Gasteiger partial charge in [-0.2, -0.15) is 0 Å². The second kappa shape index (κ2) is 8.53. The second-order valence-corrected chi connectivity index (χ2v) is 8.03. The standard InChI is InChI=1S/C25H22ClN3O2/c26-21-9-6-19(7-10-21)25-22(16-24(30)28-12-14-31-15-13-28)29-17-20(8-11-23(29)27-25)18-4-2-1-3-5-18/h1-11,17H,12-16H2. The molecule has 0 N–H and O–H groups in total. The van der Waals surface area contributed by atoms with Crippen molar-refractivity contribution in [1.82, 2.24) is 14.3 Å². The lowest BCUT2D eigenvalue weighted by Crippen LogP contribution is -2.41. The summed E-state index contributed by atoms with van der Waals surface area (Å²) < 4.78 is 7.45. The molecule has 0 atom stereocenters. The highest BCUT2D eigenvalue weighted by molar-refractivity contribution is 6.30. The van der Waals surface area contributed by atoms with Crippen molar-refractivity contribution in [2.45, 2.75) is 6.42 Å². The largest absolute Gasteiger partial charge is 0.378 e. The fourth-order valence-corrected chi connectivity index (χ4v) is 4.10. The molecule has 5 nitrogen and oxygen atoms in total. The van der Waals surface area contributed by atoms with Crippen LogP contribution >= 0.6 is 11.6 Å². The van der Waals surface area contributed by atoms with Crippen LogP contribution in [0.1, 0.15) is 5.69 Å². The molecule has 6 heteroatoms. The second-order valence-electron chi connectivity index (χ2n) is 7.60. The molecular formula is C25H22ClN3O2. The first-order chi connectivity index (χ1) is 15.2. The van der Waals surface area contributed by atoms with E-state index in [4.69, 9.17) is 21.3 Å². The minimum atomic E-state index is 0.0884. The molecule has 1 aliphatic rings. The summed E-state index contributed by atoms with van der Waals surface area (Å²) >= 11 is 6.09. The Morgan fingerprint density at radius 3 is 2.35 bits per heavy atom. The Morgan fingerprint density at radius 2 is 1.61 bits per heavy atom. The Morgan fingerprint density at radius 1 is 0.903 bits per heavy atom. The van der Waals surface area contributed by atoms with Gasteiger partial charge in [-0.15, -0.1) is 0 Å². The highest BCUT2D eigenvalue weighted by Gasteiger charge is 2.22. The number of pyridine rings is 1. The maximum absolute atomic E-state index is 13.1. The minimum absolute atomic E-state index is 0.0884. The van der Waals surface area contributed by atoms with Crippen LogP contribution < -0.4 is 0 Å². The van der Waals surface area contributed by atoms with Crippen LogP contribution in [-0.4, -0.2) is 46.5 Å². The lowest BCUT2D eigenvalue weighted by atomic mass is 10.1. The summed E-state index contributed by atoms with van der Waals surface area (Å²) in [4.78, 5) is 19.9. The number of fused-ring (bicyclic) bond motifs is 1. The molecule has 156 valence electrons. The Hall–Kier alpha value is -3.15. The zero-order chi connectivity index (χ0) is 21.2. The third-order valence-corrected chi connectivity index (χ3v) is 5.88. The van der Waals surface area contributed by atoms with Gasteiger partial charge in [0.25, 0.3) is 0 Å². The molecule has 0 radical (unpaired) electrons. The molecule has 4 aromatic rings. The minimum Gasteiger partial charge on any atom is -0.378 e. The molecule has 0 spiro atoms. The van der Waals surface area contributed by atoms with E-state index in [0.29, 0.717) is 31.3 Å². The van der Waals surface area contributed by atoms with Gasteiger partial charge in [-0.3, -0.25) is 4.79 Å². The predicted octanol–water partition coefficient (Wildman–Crippen LogP) is 4.72. The molecule has 1 aliphatic heterocycles. The number of halogens is 1. The number of rotatable bonds is 4. The third-order valence-electron chi connectivity index (χ3n) is 5.62. The highest BCUT2D eigenvalue weighted by atomic mass is 35.5. The number of benzene rings is 2. The molecular weight excluding hydrogens is 410 g/mol. The average molecular weight is 432 g/mol. The third kappa shape index (κ3) is 4.07. The maximum atomic E-state index is 13.1. The van der Waals surface area contributed by atoms with Gasteiger partial charge in [-0.25, -0.2) is 4.98 Å². The van der Waals surface area contributed by atoms with Crippen LogP contribution in [0.2, 0.25) is 5.02 Å². The zero-order valence-electron chi connectivity index (χ0n) is 17.0. The summed E-state index contributed by atoms with van der Waals surface area (Å²) in [5.74, 6) is 0.0884. The van der Waals surface area contributed by atoms with Gasteiger partial charge in [0.1, 0.15) is 5.65 Å². The number of aromatic nitrogens is 2. The van der Waals surface area contributed by atoms with E-state index in [-0.39, 0.29) is 12.3 Å². The van der Waals surface area contributed by atoms with Crippen LogP contribution in [0.3, 0.4) is 0 Å². The monoisotopic (exact) mass is 431 g/mol. The molecule has 2 aromatic carbocycles. The van der Waals surface area contributed by atoms with E-state index in [1.165, 1.54) is 0 Å². The normalized spacial score (nSPS) is 14.2. The van der Waals surface area contributed by atoms with E-state index in [0.717, 1.165) is 33.7 Å². The molecule has 0 aliphatic carbocycles. The Bertz CT molecular complexity index is 1210. The number of amides is 1. The summed E-state index contributed by atoms with van der Waals surface area (Å²) in [7, 11) is 0. The van der Waals surface area contributed by atoms with E-state index >= 15 is 0 Å². The van der Waals surface area contributed by atoms with Gasteiger partial charge in [0.05, 0.1) is 31.0 Å². The van der Waals surface area contributed by atoms with Crippen LogP contribution in [0.5, 0.6) is 0 Å². The average Bonchev–Trinajstić information content (AvgIpc) is 3.18. The van der Waals surface area contributed by atoms with Gasteiger partial charge >= 0.3 is 0 Å². The first-order valence-electron chi connectivity index (χ1n) is 10.4. The number of morpholine rings is 1. The Labute approximate surface area is 185 Å². The molecule has 0 unspecified atom stereocenters. The molecule has 3 heterocycles. The van der Waals surface area contributed by atoms with Gasteiger partial charge in [0.15, 0.2) is 0 Å². The number of carbonyl (C=O) groups is 1. The lowest BCUT2D eigenvalue weighted by molar-refractivity contribution is -0.134. The van der Waals surface area contributed by atoms with Crippen molar-refractivity contribution in [2.24, 2.45) is 0 Å². The van der Waals surface area contributed by atoms with Crippen molar-refractivity contribution in [1.29, 1.82) is 0 Å². The summed E-state index contributed by atoms with van der Waals surface area (Å²) in [6.07, 6.45) is 2.34. The van der Waals surface area contributed by atoms with Crippen LogP contribution in [0.25, 0.3) is 28.0 Å². The van der Waals surface area contributed by atoms with E-state index in [1.54, 1.807) is 0 Å². The number of carbonyl (C=O) groups excluding carboxylic acids is 1. The van der Waals surface area contributed by atoms with Gasteiger partial charge in [-0.05, 0) is 35.4 Å². The van der Waals surface area contributed by atoms with Crippen molar-refractivity contribution < 1.29 is 9.53 Å². The number of hydrogen-bond donors (Lipinski definition) is 0. The van der Waals surface area contributed by atoms with Crippen LogP contribution in [-0.2, 0) is 16.0 Å². The summed E-state index contributed by atoms with van der Waals surface area (Å²) in [6.45, 7) is 2.42. The van der Waals surface area contributed by atoms with Gasteiger partial charge in [0, 0.05) is 29.9 Å².